The van der Waals surface area contributed by atoms with Gasteiger partial charge < -0.3 is 15.5 Å². The van der Waals surface area contributed by atoms with Gasteiger partial charge in [0.05, 0.1) is 17.4 Å². The van der Waals surface area contributed by atoms with Crippen molar-refractivity contribution in [3.05, 3.63) is 47.9 Å². The SMILES string of the molecule is O=C(NC1CCN(c2cnccn2)CC1)c1cccc2c1NCCC2. The number of hydrogen-bond acceptors (Lipinski definition) is 5. The number of carbonyl (C=O) groups is 1. The Morgan fingerprint density at radius 1 is 1.24 bits per heavy atom. The Kier molecular flexibility index (Phi) is 4.50. The summed E-state index contributed by atoms with van der Waals surface area (Å²) in [6, 6.07) is 6.22. The minimum absolute atomic E-state index is 0.0317. The highest BCUT2D eigenvalue weighted by atomic mass is 16.1. The highest BCUT2D eigenvalue weighted by Gasteiger charge is 2.24. The molecule has 2 aliphatic heterocycles. The number of nitrogens with one attached hydrogen (secondary N) is 2. The van der Waals surface area contributed by atoms with E-state index in [1.54, 1.807) is 18.6 Å². The molecular weight excluding hydrogens is 314 g/mol. The highest BCUT2D eigenvalue weighted by molar-refractivity contribution is 6.00. The number of carbonyl (C=O) groups excluding carboxylic acids is 1. The van der Waals surface area contributed by atoms with Crippen molar-refractivity contribution < 1.29 is 4.79 Å². The van der Waals surface area contributed by atoms with E-state index >= 15 is 0 Å². The van der Waals surface area contributed by atoms with Gasteiger partial charge in [-0.1, -0.05) is 12.1 Å². The molecule has 130 valence electrons. The average Bonchev–Trinajstić information content (AvgIpc) is 2.69. The van der Waals surface area contributed by atoms with Crippen LogP contribution in [-0.4, -0.2) is 41.6 Å². The second kappa shape index (κ2) is 7.09. The van der Waals surface area contributed by atoms with Crippen LogP contribution in [0.2, 0.25) is 0 Å². The number of para-hydroxylation sites is 1. The molecule has 1 saturated heterocycles. The Hall–Kier alpha value is -2.63. The van der Waals surface area contributed by atoms with Crippen molar-refractivity contribution in [1.82, 2.24) is 15.3 Å². The molecule has 3 heterocycles. The molecule has 4 rings (SSSR count). The average molecular weight is 337 g/mol. The Morgan fingerprint density at radius 2 is 2.12 bits per heavy atom. The molecule has 2 N–H and O–H groups in total. The summed E-state index contributed by atoms with van der Waals surface area (Å²) >= 11 is 0. The number of fused-ring (bicyclic) bond motifs is 1. The van der Waals surface area contributed by atoms with Crippen molar-refractivity contribution in [2.24, 2.45) is 0 Å². The third kappa shape index (κ3) is 3.43. The Bertz CT molecular complexity index is 741. The van der Waals surface area contributed by atoms with E-state index in [1.165, 1.54) is 5.56 Å². The van der Waals surface area contributed by atoms with Crippen LogP contribution >= 0.6 is 0 Å². The lowest BCUT2D eigenvalue weighted by molar-refractivity contribution is 0.0931. The molecule has 0 bridgehead atoms. The first-order chi connectivity index (χ1) is 12.3. The largest absolute Gasteiger partial charge is 0.384 e. The fraction of sp³-hybridized carbons (Fsp3) is 0.421. The molecular formula is C19H23N5O. The molecule has 6 heteroatoms. The molecule has 0 aliphatic carbocycles. The molecule has 1 aromatic heterocycles. The zero-order valence-electron chi connectivity index (χ0n) is 14.2. The number of anilines is 2. The number of benzene rings is 1. The van der Waals surface area contributed by atoms with Crippen LogP contribution < -0.4 is 15.5 Å². The number of piperidine rings is 1. The van der Waals surface area contributed by atoms with Crippen LogP contribution in [0, 0.1) is 0 Å². The second-order valence-electron chi connectivity index (χ2n) is 6.67. The number of aromatic nitrogens is 2. The molecule has 2 aromatic rings. The summed E-state index contributed by atoms with van der Waals surface area (Å²) in [5, 5.41) is 6.61. The van der Waals surface area contributed by atoms with E-state index in [0.717, 1.165) is 62.4 Å². The molecule has 1 amide bonds. The highest BCUT2D eigenvalue weighted by Crippen LogP contribution is 2.26. The van der Waals surface area contributed by atoms with Gasteiger partial charge in [0.2, 0.25) is 0 Å². The van der Waals surface area contributed by atoms with Crippen molar-refractivity contribution in [2.45, 2.75) is 31.7 Å². The quantitative estimate of drug-likeness (QED) is 0.899. The fourth-order valence-corrected chi connectivity index (χ4v) is 3.67. The maximum atomic E-state index is 12.7. The Morgan fingerprint density at radius 3 is 2.92 bits per heavy atom. The maximum Gasteiger partial charge on any atom is 0.253 e. The van der Waals surface area contributed by atoms with Crippen LogP contribution in [0.3, 0.4) is 0 Å². The summed E-state index contributed by atoms with van der Waals surface area (Å²) in [5.41, 5.74) is 3.04. The zero-order chi connectivity index (χ0) is 17.1. The van der Waals surface area contributed by atoms with E-state index in [9.17, 15) is 4.79 Å². The maximum absolute atomic E-state index is 12.7. The van der Waals surface area contributed by atoms with Gasteiger partial charge in [0, 0.05) is 38.1 Å². The molecule has 2 aliphatic rings. The summed E-state index contributed by atoms with van der Waals surface area (Å²) < 4.78 is 0. The minimum atomic E-state index is 0.0317. The minimum Gasteiger partial charge on any atom is -0.384 e. The summed E-state index contributed by atoms with van der Waals surface area (Å²) in [6.45, 7) is 2.71. The molecule has 0 spiro atoms. The second-order valence-corrected chi connectivity index (χ2v) is 6.67. The number of nitrogens with zero attached hydrogens (tertiary/aromatic N) is 3. The van der Waals surface area contributed by atoms with Crippen LogP contribution in [0.15, 0.2) is 36.8 Å². The summed E-state index contributed by atoms with van der Waals surface area (Å²) in [5.74, 6) is 0.942. The first kappa shape index (κ1) is 15.9. The molecule has 0 saturated carbocycles. The van der Waals surface area contributed by atoms with Gasteiger partial charge in [0.25, 0.3) is 5.91 Å². The van der Waals surface area contributed by atoms with Gasteiger partial charge in [-0.2, -0.15) is 0 Å². The lowest BCUT2D eigenvalue weighted by Crippen LogP contribution is -2.45. The summed E-state index contributed by atoms with van der Waals surface area (Å²) in [6.07, 6.45) is 9.20. The summed E-state index contributed by atoms with van der Waals surface area (Å²) in [7, 11) is 0. The third-order valence-corrected chi connectivity index (χ3v) is 5.02. The molecule has 0 unspecified atom stereocenters. The van der Waals surface area contributed by atoms with Crippen LogP contribution in [0.1, 0.15) is 35.2 Å². The third-order valence-electron chi connectivity index (χ3n) is 5.02. The standard InChI is InChI=1S/C19H23N5O/c25-19(16-5-1-3-14-4-2-8-22-18(14)16)23-15-6-11-24(12-7-15)17-13-20-9-10-21-17/h1,3,5,9-10,13,15,22H,2,4,6-8,11-12H2,(H,23,25). The normalized spacial score (nSPS) is 17.5. The van der Waals surface area contributed by atoms with E-state index in [1.807, 2.05) is 12.1 Å². The van der Waals surface area contributed by atoms with Crippen LogP contribution in [0.5, 0.6) is 0 Å². The molecule has 0 radical (unpaired) electrons. The Balaban J connectivity index is 1.38. The predicted octanol–water partition coefficient (Wildman–Crippen LogP) is 2.23. The van der Waals surface area contributed by atoms with Crippen LogP contribution in [0.25, 0.3) is 0 Å². The fourth-order valence-electron chi connectivity index (χ4n) is 3.67. The van der Waals surface area contributed by atoms with Crippen molar-refractivity contribution in [3.8, 4) is 0 Å². The van der Waals surface area contributed by atoms with E-state index in [0.29, 0.717) is 0 Å². The number of hydrogen-bond donors (Lipinski definition) is 2. The smallest absolute Gasteiger partial charge is 0.253 e. The predicted molar refractivity (Wildman–Crippen MR) is 98.0 cm³/mol. The molecule has 25 heavy (non-hydrogen) atoms. The van der Waals surface area contributed by atoms with E-state index in [-0.39, 0.29) is 11.9 Å². The lowest BCUT2D eigenvalue weighted by Gasteiger charge is -2.33. The van der Waals surface area contributed by atoms with Gasteiger partial charge >= 0.3 is 0 Å². The van der Waals surface area contributed by atoms with Gasteiger partial charge in [0.15, 0.2) is 0 Å². The monoisotopic (exact) mass is 337 g/mol. The Labute approximate surface area is 147 Å². The van der Waals surface area contributed by atoms with Crippen molar-refractivity contribution in [2.75, 3.05) is 29.9 Å². The van der Waals surface area contributed by atoms with Crippen molar-refractivity contribution in [1.29, 1.82) is 0 Å². The van der Waals surface area contributed by atoms with E-state index in [4.69, 9.17) is 0 Å². The zero-order valence-corrected chi connectivity index (χ0v) is 14.2. The first-order valence-corrected chi connectivity index (χ1v) is 8.99. The van der Waals surface area contributed by atoms with Crippen molar-refractivity contribution >= 4 is 17.4 Å². The molecule has 1 aromatic carbocycles. The van der Waals surface area contributed by atoms with Crippen LogP contribution in [-0.2, 0) is 6.42 Å². The molecule has 0 atom stereocenters. The van der Waals surface area contributed by atoms with Gasteiger partial charge in [-0.05, 0) is 37.3 Å². The van der Waals surface area contributed by atoms with Crippen molar-refractivity contribution in [3.63, 3.8) is 0 Å². The lowest BCUT2D eigenvalue weighted by atomic mass is 9.98. The van der Waals surface area contributed by atoms with E-state index < -0.39 is 0 Å². The summed E-state index contributed by atoms with van der Waals surface area (Å²) in [4.78, 5) is 23.5. The van der Waals surface area contributed by atoms with E-state index in [2.05, 4.69) is 31.6 Å². The van der Waals surface area contributed by atoms with Gasteiger partial charge in [0.1, 0.15) is 5.82 Å². The van der Waals surface area contributed by atoms with Gasteiger partial charge in [-0.25, -0.2) is 4.98 Å². The number of aryl methyl sites for hydroxylation is 1. The van der Waals surface area contributed by atoms with Crippen LogP contribution in [0.4, 0.5) is 11.5 Å². The topological polar surface area (TPSA) is 70.2 Å². The number of rotatable bonds is 3. The number of amides is 1. The first-order valence-electron chi connectivity index (χ1n) is 8.99. The molecule has 6 nitrogen and oxygen atoms in total. The molecule has 1 fully saturated rings. The van der Waals surface area contributed by atoms with Gasteiger partial charge in [-0.15, -0.1) is 0 Å². The van der Waals surface area contributed by atoms with Gasteiger partial charge in [-0.3, -0.25) is 9.78 Å².